The molecule has 1 aliphatic rings. The molecule has 1 rings (SSSR count). The van der Waals surface area contributed by atoms with Gasteiger partial charge in [-0.05, 0) is 25.8 Å². The second-order valence-corrected chi connectivity index (χ2v) is 3.24. The van der Waals surface area contributed by atoms with Crippen molar-refractivity contribution in [3.8, 4) is 0 Å². The summed E-state index contributed by atoms with van der Waals surface area (Å²) in [5, 5.41) is 0. The van der Waals surface area contributed by atoms with E-state index in [4.69, 9.17) is 0 Å². The molecule has 0 bridgehead atoms. The number of carbonyl (C=O) groups excluding carboxylic acids is 1. The summed E-state index contributed by atoms with van der Waals surface area (Å²) in [4.78, 5) is 13.3. The van der Waals surface area contributed by atoms with E-state index in [0.29, 0.717) is 0 Å². The van der Waals surface area contributed by atoms with Gasteiger partial charge in [0.1, 0.15) is 0 Å². The van der Waals surface area contributed by atoms with Gasteiger partial charge in [0, 0.05) is 13.1 Å². The number of likely N-dealkylation sites (tertiary alicyclic amines) is 1. The number of nitrogens with zero attached hydrogens (tertiary/aromatic N) is 1. The van der Waals surface area contributed by atoms with E-state index in [1.807, 2.05) is 17.9 Å². The molecule has 0 N–H and O–H groups in total. The molecule has 0 aromatic carbocycles. The van der Waals surface area contributed by atoms with Crippen molar-refractivity contribution in [1.82, 2.24) is 4.90 Å². The molecule has 1 aliphatic heterocycles. The zero-order valence-corrected chi connectivity index (χ0v) is 7.75. The maximum absolute atomic E-state index is 11.4. The van der Waals surface area contributed by atoms with Crippen LogP contribution >= 0.6 is 0 Å². The van der Waals surface area contributed by atoms with Gasteiger partial charge < -0.3 is 4.90 Å². The highest BCUT2D eigenvalue weighted by molar-refractivity contribution is 5.87. The summed E-state index contributed by atoms with van der Waals surface area (Å²) >= 11 is 0. The van der Waals surface area contributed by atoms with Gasteiger partial charge in [-0.3, -0.25) is 4.79 Å². The molecule has 0 radical (unpaired) electrons. The Hall–Kier alpha value is -0.790. The van der Waals surface area contributed by atoms with Gasteiger partial charge in [-0.1, -0.05) is 18.9 Å². The number of hydrogen-bond donors (Lipinski definition) is 0. The van der Waals surface area contributed by atoms with Crippen molar-refractivity contribution < 1.29 is 4.79 Å². The summed E-state index contributed by atoms with van der Waals surface area (Å²) in [5.74, 6) is 0.180. The van der Waals surface area contributed by atoms with Crippen LogP contribution in [0.15, 0.2) is 12.2 Å². The van der Waals surface area contributed by atoms with Crippen molar-refractivity contribution in [1.29, 1.82) is 0 Å². The first kappa shape index (κ1) is 9.30. The Morgan fingerprint density at radius 1 is 1.17 bits per heavy atom. The zero-order valence-electron chi connectivity index (χ0n) is 7.75. The molecule has 0 unspecified atom stereocenters. The Bertz CT molecular complexity index is 167. The van der Waals surface area contributed by atoms with Gasteiger partial charge in [0.05, 0.1) is 0 Å². The second kappa shape index (κ2) is 4.96. The van der Waals surface area contributed by atoms with Gasteiger partial charge in [-0.2, -0.15) is 0 Å². The van der Waals surface area contributed by atoms with Gasteiger partial charge >= 0.3 is 0 Å². The second-order valence-electron chi connectivity index (χ2n) is 3.24. The quantitative estimate of drug-likeness (QED) is 0.547. The lowest BCUT2D eigenvalue weighted by molar-refractivity contribution is -0.125. The lowest BCUT2D eigenvalue weighted by Crippen LogP contribution is -2.30. The van der Waals surface area contributed by atoms with Crippen LogP contribution in [0.1, 0.15) is 32.6 Å². The van der Waals surface area contributed by atoms with Crippen LogP contribution in [0.25, 0.3) is 0 Å². The molecule has 0 spiro atoms. The molecule has 0 aromatic heterocycles. The van der Waals surface area contributed by atoms with Crippen LogP contribution in [0, 0.1) is 0 Å². The van der Waals surface area contributed by atoms with E-state index < -0.39 is 0 Å². The Morgan fingerprint density at radius 2 is 1.75 bits per heavy atom. The number of amides is 1. The lowest BCUT2D eigenvalue weighted by atomic mass is 10.2. The fourth-order valence-corrected chi connectivity index (χ4v) is 1.54. The molecule has 1 amide bonds. The van der Waals surface area contributed by atoms with Crippen LogP contribution in [0.2, 0.25) is 0 Å². The molecule has 1 heterocycles. The Labute approximate surface area is 74.2 Å². The summed E-state index contributed by atoms with van der Waals surface area (Å²) in [6, 6.07) is 0. The molecule has 0 aromatic rings. The highest BCUT2D eigenvalue weighted by Crippen LogP contribution is 2.09. The van der Waals surface area contributed by atoms with Gasteiger partial charge in [-0.15, -0.1) is 0 Å². The zero-order chi connectivity index (χ0) is 8.81. The third-order valence-corrected chi connectivity index (χ3v) is 2.23. The van der Waals surface area contributed by atoms with Crippen LogP contribution in [-0.4, -0.2) is 23.9 Å². The van der Waals surface area contributed by atoms with Crippen LogP contribution < -0.4 is 0 Å². The molecule has 12 heavy (non-hydrogen) atoms. The van der Waals surface area contributed by atoms with Gasteiger partial charge in [0.15, 0.2) is 0 Å². The molecule has 0 saturated carbocycles. The van der Waals surface area contributed by atoms with E-state index in [9.17, 15) is 4.79 Å². The first-order valence-electron chi connectivity index (χ1n) is 4.76. The molecule has 2 nitrogen and oxygen atoms in total. The number of carbonyl (C=O) groups is 1. The highest BCUT2D eigenvalue weighted by Gasteiger charge is 2.11. The Kier molecular flexibility index (Phi) is 3.85. The maximum atomic E-state index is 11.4. The standard InChI is InChI=1S/C10H17NO/c1-2-7-10(12)11-8-5-3-4-6-9-11/h2,7H,3-6,8-9H2,1H3/b7-2+. The third kappa shape index (κ3) is 2.68. The molecule has 2 heteroatoms. The van der Waals surface area contributed by atoms with E-state index >= 15 is 0 Å². The van der Waals surface area contributed by atoms with Crippen molar-refractivity contribution in [3.63, 3.8) is 0 Å². The molecular formula is C10H17NO. The highest BCUT2D eigenvalue weighted by atomic mass is 16.2. The fraction of sp³-hybridized carbons (Fsp3) is 0.700. The van der Waals surface area contributed by atoms with Gasteiger partial charge in [0.2, 0.25) is 5.91 Å². The molecule has 1 saturated heterocycles. The molecular weight excluding hydrogens is 150 g/mol. The average Bonchev–Trinajstić information content (AvgIpc) is 2.32. The number of hydrogen-bond acceptors (Lipinski definition) is 1. The van der Waals surface area contributed by atoms with E-state index in [1.165, 1.54) is 25.7 Å². The number of allylic oxidation sites excluding steroid dienone is 1. The predicted octanol–water partition coefficient (Wildman–Crippen LogP) is 1.97. The Morgan fingerprint density at radius 3 is 2.25 bits per heavy atom. The lowest BCUT2D eigenvalue weighted by Gasteiger charge is -2.17. The molecule has 1 fully saturated rings. The SMILES string of the molecule is C/C=C/C(=O)N1CCCCCC1. The molecule has 0 aliphatic carbocycles. The fourth-order valence-electron chi connectivity index (χ4n) is 1.54. The summed E-state index contributed by atoms with van der Waals surface area (Å²) < 4.78 is 0. The van der Waals surface area contributed by atoms with Gasteiger partial charge in [0.25, 0.3) is 0 Å². The smallest absolute Gasteiger partial charge is 0.246 e. The van der Waals surface area contributed by atoms with E-state index in [1.54, 1.807) is 6.08 Å². The predicted molar refractivity (Wildman–Crippen MR) is 49.9 cm³/mol. The minimum absolute atomic E-state index is 0.180. The van der Waals surface area contributed by atoms with Crippen LogP contribution in [0.4, 0.5) is 0 Å². The van der Waals surface area contributed by atoms with Crippen LogP contribution in [0.3, 0.4) is 0 Å². The van der Waals surface area contributed by atoms with Crippen molar-refractivity contribution in [2.75, 3.05) is 13.1 Å². The van der Waals surface area contributed by atoms with Crippen molar-refractivity contribution in [2.24, 2.45) is 0 Å². The van der Waals surface area contributed by atoms with Crippen LogP contribution in [-0.2, 0) is 4.79 Å². The van der Waals surface area contributed by atoms with E-state index in [0.717, 1.165) is 13.1 Å². The van der Waals surface area contributed by atoms with E-state index in [2.05, 4.69) is 0 Å². The van der Waals surface area contributed by atoms with Crippen molar-refractivity contribution >= 4 is 5.91 Å². The monoisotopic (exact) mass is 167 g/mol. The minimum Gasteiger partial charge on any atom is -0.339 e. The maximum Gasteiger partial charge on any atom is 0.246 e. The van der Waals surface area contributed by atoms with Crippen LogP contribution in [0.5, 0.6) is 0 Å². The van der Waals surface area contributed by atoms with E-state index in [-0.39, 0.29) is 5.91 Å². The minimum atomic E-state index is 0.180. The largest absolute Gasteiger partial charge is 0.339 e. The first-order chi connectivity index (χ1) is 5.84. The van der Waals surface area contributed by atoms with Gasteiger partial charge in [-0.25, -0.2) is 0 Å². The topological polar surface area (TPSA) is 20.3 Å². The third-order valence-electron chi connectivity index (χ3n) is 2.23. The molecule has 0 atom stereocenters. The first-order valence-corrected chi connectivity index (χ1v) is 4.76. The number of rotatable bonds is 1. The molecule has 68 valence electrons. The Balaban J connectivity index is 2.42. The normalized spacial score (nSPS) is 19.6. The average molecular weight is 167 g/mol. The summed E-state index contributed by atoms with van der Waals surface area (Å²) in [6.45, 7) is 3.78. The van der Waals surface area contributed by atoms with Crippen molar-refractivity contribution in [3.05, 3.63) is 12.2 Å². The summed E-state index contributed by atoms with van der Waals surface area (Å²) in [7, 11) is 0. The summed E-state index contributed by atoms with van der Waals surface area (Å²) in [5.41, 5.74) is 0. The summed E-state index contributed by atoms with van der Waals surface area (Å²) in [6.07, 6.45) is 8.37. The van der Waals surface area contributed by atoms with Crippen molar-refractivity contribution in [2.45, 2.75) is 32.6 Å².